The van der Waals surface area contributed by atoms with Crippen molar-refractivity contribution in [3.8, 4) is 0 Å². The third kappa shape index (κ3) is 11.5. The molecule has 0 aromatic carbocycles. The summed E-state index contributed by atoms with van der Waals surface area (Å²) in [6, 6.07) is 0. The zero-order chi connectivity index (χ0) is 14.6. The van der Waals surface area contributed by atoms with Crippen molar-refractivity contribution >= 4 is 41.7 Å². The van der Waals surface area contributed by atoms with Gasteiger partial charge in [-0.25, -0.2) is 0 Å². The summed E-state index contributed by atoms with van der Waals surface area (Å²) in [5, 5.41) is 7.41. The average Bonchev–Trinajstić information content (AvgIpc) is 2.92. The van der Waals surface area contributed by atoms with Gasteiger partial charge in [-0.05, 0) is 37.9 Å². The van der Waals surface area contributed by atoms with Crippen molar-refractivity contribution in [1.29, 1.82) is 0 Å². The monoisotopic (exact) mass is 429 g/mol. The number of halogens is 1. The van der Waals surface area contributed by atoms with Gasteiger partial charge in [-0.15, -0.1) is 24.0 Å². The first-order valence-electron chi connectivity index (χ1n) is 7.94. The van der Waals surface area contributed by atoms with Crippen LogP contribution in [0.2, 0.25) is 0 Å². The first-order valence-corrected chi connectivity index (χ1v) is 8.98. The fraction of sp³-hybridized carbons (Fsp3) is 0.933. The van der Waals surface area contributed by atoms with Gasteiger partial charge in [0.1, 0.15) is 0 Å². The molecule has 0 saturated carbocycles. The molecule has 2 N–H and O–H groups in total. The Morgan fingerprint density at radius 2 is 2.19 bits per heavy atom. The molecule has 0 spiro atoms. The molecule has 126 valence electrons. The quantitative estimate of drug-likeness (QED) is 0.256. The van der Waals surface area contributed by atoms with E-state index in [-0.39, 0.29) is 24.0 Å². The van der Waals surface area contributed by atoms with Crippen molar-refractivity contribution in [3.05, 3.63) is 0 Å². The molecule has 1 saturated heterocycles. The summed E-state index contributed by atoms with van der Waals surface area (Å²) in [6.07, 6.45) is 3.69. The normalized spacial score (nSPS) is 18.7. The van der Waals surface area contributed by atoms with Crippen LogP contribution in [0.4, 0.5) is 0 Å². The number of rotatable bonds is 9. The zero-order valence-electron chi connectivity index (χ0n) is 13.7. The first kappa shape index (κ1) is 21.3. The number of aliphatic imine (C=N–C) groups is 1. The molecule has 1 aliphatic heterocycles. The van der Waals surface area contributed by atoms with Gasteiger partial charge in [0, 0.05) is 31.6 Å². The highest BCUT2D eigenvalue weighted by Gasteiger charge is 2.14. The largest absolute Gasteiger partial charge is 0.381 e. The van der Waals surface area contributed by atoms with Gasteiger partial charge in [0.05, 0.1) is 6.54 Å². The maximum absolute atomic E-state index is 5.57. The van der Waals surface area contributed by atoms with Gasteiger partial charge in [0.15, 0.2) is 5.96 Å². The van der Waals surface area contributed by atoms with Gasteiger partial charge in [-0.2, -0.15) is 11.8 Å². The summed E-state index contributed by atoms with van der Waals surface area (Å²) in [4.78, 5) is 4.67. The van der Waals surface area contributed by atoms with Crippen LogP contribution in [0.5, 0.6) is 0 Å². The number of guanidine groups is 1. The topological polar surface area (TPSA) is 45.7 Å². The lowest BCUT2D eigenvalue weighted by atomic mass is 10.2. The fourth-order valence-electron chi connectivity index (χ4n) is 2.02. The highest BCUT2D eigenvalue weighted by molar-refractivity contribution is 14.0. The van der Waals surface area contributed by atoms with Crippen LogP contribution in [0.25, 0.3) is 0 Å². The number of ether oxygens (including phenoxy) is 1. The summed E-state index contributed by atoms with van der Waals surface area (Å²) in [7, 11) is 0. The molecule has 1 heterocycles. The molecule has 1 aliphatic rings. The molecule has 0 bridgehead atoms. The standard InChI is InChI=1S/C15H31N3OS.HI/c1-4-16-15(18-11-14-7-5-10-20-14)17-8-6-9-19-12-13(2)3;/h13-14H,4-12H2,1-3H3,(H2,16,17,18);1H. The van der Waals surface area contributed by atoms with Crippen LogP contribution in [0.3, 0.4) is 0 Å². The number of hydrogen-bond donors (Lipinski definition) is 2. The van der Waals surface area contributed by atoms with Gasteiger partial charge in [-0.3, -0.25) is 4.99 Å². The minimum absolute atomic E-state index is 0. The van der Waals surface area contributed by atoms with E-state index in [4.69, 9.17) is 4.74 Å². The second-order valence-electron chi connectivity index (χ2n) is 5.60. The Labute approximate surface area is 151 Å². The van der Waals surface area contributed by atoms with Crippen molar-refractivity contribution in [2.75, 3.05) is 38.6 Å². The maximum Gasteiger partial charge on any atom is 0.191 e. The lowest BCUT2D eigenvalue weighted by Crippen LogP contribution is -2.38. The van der Waals surface area contributed by atoms with Crippen molar-refractivity contribution < 1.29 is 4.74 Å². The SMILES string of the molecule is CCNC(=NCC1CCCS1)NCCCOCC(C)C.I. The van der Waals surface area contributed by atoms with Gasteiger partial charge >= 0.3 is 0 Å². The molecule has 0 aliphatic carbocycles. The molecule has 1 rings (SSSR count). The maximum atomic E-state index is 5.57. The van der Waals surface area contributed by atoms with E-state index in [9.17, 15) is 0 Å². The van der Waals surface area contributed by atoms with Crippen molar-refractivity contribution in [2.24, 2.45) is 10.9 Å². The van der Waals surface area contributed by atoms with Gasteiger partial charge in [0.2, 0.25) is 0 Å². The number of hydrogen-bond acceptors (Lipinski definition) is 3. The predicted octanol–water partition coefficient (Wildman–Crippen LogP) is 3.12. The van der Waals surface area contributed by atoms with E-state index < -0.39 is 0 Å². The molecule has 21 heavy (non-hydrogen) atoms. The summed E-state index contributed by atoms with van der Waals surface area (Å²) in [5.41, 5.74) is 0. The van der Waals surface area contributed by atoms with E-state index in [0.29, 0.717) is 5.92 Å². The van der Waals surface area contributed by atoms with E-state index in [1.54, 1.807) is 0 Å². The number of thioether (sulfide) groups is 1. The van der Waals surface area contributed by atoms with E-state index in [2.05, 4.69) is 48.2 Å². The molecule has 0 aromatic heterocycles. The smallest absolute Gasteiger partial charge is 0.191 e. The van der Waals surface area contributed by atoms with Crippen LogP contribution in [0.15, 0.2) is 4.99 Å². The van der Waals surface area contributed by atoms with Gasteiger partial charge in [-0.1, -0.05) is 13.8 Å². The van der Waals surface area contributed by atoms with Crippen molar-refractivity contribution in [2.45, 2.75) is 45.3 Å². The molecule has 1 fully saturated rings. The lowest BCUT2D eigenvalue weighted by molar-refractivity contribution is 0.108. The highest BCUT2D eigenvalue weighted by Crippen LogP contribution is 2.25. The average molecular weight is 429 g/mol. The van der Waals surface area contributed by atoms with E-state index in [1.165, 1.54) is 18.6 Å². The van der Waals surface area contributed by atoms with E-state index in [0.717, 1.165) is 50.5 Å². The van der Waals surface area contributed by atoms with Crippen LogP contribution in [-0.2, 0) is 4.74 Å². The van der Waals surface area contributed by atoms with Crippen LogP contribution < -0.4 is 10.6 Å². The molecular weight excluding hydrogens is 397 g/mol. The van der Waals surface area contributed by atoms with Crippen LogP contribution in [-0.4, -0.2) is 49.8 Å². The molecular formula is C15H32IN3OS. The minimum Gasteiger partial charge on any atom is -0.381 e. The Hall–Kier alpha value is 0.310. The summed E-state index contributed by atoms with van der Waals surface area (Å²) < 4.78 is 5.57. The molecule has 4 nitrogen and oxygen atoms in total. The van der Waals surface area contributed by atoms with Crippen LogP contribution >= 0.6 is 35.7 Å². The lowest BCUT2D eigenvalue weighted by Gasteiger charge is -2.13. The van der Waals surface area contributed by atoms with Crippen LogP contribution in [0, 0.1) is 5.92 Å². The zero-order valence-corrected chi connectivity index (χ0v) is 16.8. The Kier molecular flexibility index (Phi) is 14.1. The summed E-state index contributed by atoms with van der Waals surface area (Å²) in [6.45, 7) is 10.9. The Bertz CT molecular complexity index is 272. The number of nitrogens with zero attached hydrogens (tertiary/aromatic N) is 1. The highest BCUT2D eigenvalue weighted by atomic mass is 127. The third-order valence-corrected chi connectivity index (χ3v) is 4.41. The molecule has 0 radical (unpaired) electrons. The molecule has 1 unspecified atom stereocenters. The fourth-order valence-corrected chi connectivity index (χ4v) is 3.20. The molecule has 1 atom stereocenters. The van der Waals surface area contributed by atoms with Gasteiger partial charge < -0.3 is 15.4 Å². The minimum atomic E-state index is 0. The second kappa shape index (κ2) is 13.9. The molecule has 0 amide bonds. The Morgan fingerprint density at radius 3 is 2.81 bits per heavy atom. The molecule has 0 aromatic rings. The first-order chi connectivity index (χ1) is 9.72. The predicted molar refractivity (Wildman–Crippen MR) is 105 cm³/mol. The Morgan fingerprint density at radius 1 is 1.38 bits per heavy atom. The van der Waals surface area contributed by atoms with E-state index in [1.807, 2.05) is 0 Å². The third-order valence-electron chi connectivity index (χ3n) is 3.03. The van der Waals surface area contributed by atoms with Gasteiger partial charge in [0.25, 0.3) is 0 Å². The number of nitrogens with one attached hydrogen (secondary N) is 2. The van der Waals surface area contributed by atoms with Crippen molar-refractivity contribution in [1.82, 2.24) is 10.6 Å². The van der Waals surface area contributed by atoms with Crippen LogP contribution in [0.1, 0.15) is 40.0 Å². The summed E-state index contributed by atoms with van der Waals surface area (Å²) in [5.74, 6) is 2.87. The van der Waals surface area contributed by atoms with Crippen molar-refractivity contribution in [3.63, 3.8) is 0 Å². The van der Waals surface area contributed by atoms with E-state index >= 15 is 0 Å². The molecule has 6 heteroatoms. The summed E-state index contributed by atoms with van der Waals surface area (Å²) >= 11 is 2.06. The second-order valence-corrected chi connectivity index (χ2v) is 7.01. The Balaban J connectivity index is 0.00000400.